The smallest absolute Gasteiger partial charge is 0.0799 e. The maximum atomic E-state index is 4.55. The van der Waals surface area contributed by atoms with Gasteiger partial charge in [0.2, 0.25) is 0 Å². The van der Waals surface area contributed by atoms with E-state index < -0.39 is 0 Å². The number of pyridine rings is 2. The van der Waals surface area contributed by atoms with E-state index in [1.165, 1.54) is 5.56 Å². The number of nitrogens with zero attached hydrogens (tertiary/aromatic N) is 2. The molecule has 0 saturated carbocycles. The molecule has 0 amide bonds. The Bertz CT molecular complexity index is 730. The van der Waals surface area contributed by atoms with Gasteiger partial charge in [0, 0.05) is 36.1 Å². The highest BCUT2D eigenvalue weighted by Crippen LogP contribution is 2.29. The summed E-state index contributed by atoms with van der Waals surface area (Å²) >= 11 is 0. The van der Waals surface area contributed by atoms with Crippen molar-refractivity contribution in [2.45, 2.75) is 6.92 Å². The van der Waals surface area contributed by atoms with Crippen LogP contribution in [0.4, 0.5) is 5.69 Å². The lowest BCUT2D eigenvalue weighted by Crippen LogP contribution is -1.93. The zero-order chi connectivity index (χ0) is 13.2. The second kappa shape index (κ2) is 4.69. The lowest BCUT2D eigenvalue weighted by atomic mass is 10.0. The van der Waals surface area contributed by atoms with Gasteiger partial charge in [-0.2, -0.15) is 0 Å². The van der Waals surface area contributed by atoms with Gasteiger partial charge in [0.05, 0.1) is 11.2 Å². The number of benzene rings is 1. The number of nitrogens with one attached hydrogen (secondary N) is 1. The molecule has 1 aromatic carbocycles. The van der Waals surface area contributed by atoms with Crippen molar-refractivity contribution in [1.29, 1.82) is 0 Å². The fourth-order valence-electron chi connectivity index (χ4n) is 2.25. The molecule has 0 bridgehead atoms. The number of aryl methyl sites for hydroxylation is 1. The Hall–Kier alpha value is -2.42. The van der Waals surface area contributed by atoms with Crippen LogP contribution in [0.5, 0.6) is 0 Å². The molecule has 3 nitrogen and oxygen atoms in total. The molecule has 3 heteroatoms. The molecule has 0 radical (unpaired) electrons. The average Bonchev–Trinajstić information content (AvgIpc) is 2.47. The van der Waals surface area contributed by atoms with Crippen LogP contribution >= 0.6 is 0 Å². The molecule has 2 aromatic heterocycles. The predicted octanol–water partition coefficient (Wildman–Crippen LogP) is 3.65. The van der Waals surface area contributed by atoms with Gasteiger partial charge in [-0.1, -0.05) is 6.07 Å². The first-order valence-electron chi connectivity index (χ1n) is 6.28. The average molecular weight is 249 g/mol. The number of hydrogen-bond donors (Lipinski definition) is 1. The lowest BCUT2D eigenvalue weighted by molar-refractivity contribution is 1.30. The molecule has 0 spiro atoms. The van der Waals surface area contributed by atoms with E-state index in [-0.39, 0.29) is 0 Å². The maximum Gasteiger partial charge on any atom is 0.0799 e. The summed E-state index contributed by atoms with van der Waals surface area (Å²) in [5, 5.41) is 4.25. The van der Waals surface area contributed by atoms with Crippen LogP contribution in [0, 0.1) is 6.92 Å². The summed E-state index contributed by atoms with van der Waals surface area (Å²) in [5.74, 6) is 0. The van der Waals surface area contributed by atoms with Crippen molar-refractivity contribution in [2.24, 2.45) is 0 Å². The summed E-state index contributed by atoms with van der Waals surface area (Å²) in [4.78, 5) is 8.93. The SMILES string of the molecule is CNc1ccc(C)c(-c2nccc3ncccc23)c1. The molecule has 19 heavy (non-hydrogen) atoms. The summed E-state index contributed by atoms with van der Waals surface area (Å²) in [7, 11) is 1.92. The molecular weight excluding hydrogens is 234 g/mol. The molecule has 0 unspecified atom stereocenters. The van der Waals surface area contributed by atoms with Crippen LogP contribution in [0.1, 0.15) is 5.56 Å². The summed E-state index contributed by atoms with van der Waals surface area (Å²) in [5.41, 5.74) is 5.40. The van der Waals surface area contributed by atoms with Crippen LogP contribution < -0.4 is 5.32 Å². The van der Waals surface area contributed by atoms with Gasteiger partial charge in [-0.05, 0) is 42.8 Å². The van der Waals surface area contributed by atoms with E-state index in [0.29, 0.717) is 0 Å². The van der Waals surface area contributed by atoms with Gasteiger partial charge in [0.25, 0.3) is 0 Å². The first-order valence-corrected chi connectivity index (χ1v) is 6.28. The standard InChI is InChI=1S/C16H15N3/c1-11-5-6-12(17-2)10-14(11)16-13-4-3-8-18-15(13)7-9-19-16/h3-10,17H,1-2H3. The van der Waals surface area contributed by atoms with Crippen molar-refractivity contribution in [2.75, 3.05) is 12.4 Å². The molecule has 0 fully saturated rings. The Kier molecular flexibility index (Phi) is 2.88. The largest absolute Gasteiger partial charge is 0.388 e. The lowest BCUT2D eigenvalue weighted by Gasteiger charge is -2.10. The van der Waals surface area contributed by atoms with Crippen LogP contribution in [-0.2, 0) is 0 Å². The first kappa shape index (κ1) is 11.7. The monoisotopic (exact) mass is 249 g/mol. The Morgan fingerprint density at radius 1 is 1.00 bits per heavy atom. The molecule has 0 aliphatic carbocycles. The van der Waals surface area contributed by atoms with E-state index in [4.69, 9.17) is 0 Å². The molecule has 0 atom stereocenters. The molecule has 3 rings (SSSR count). The molecular formula is C16H15N3. The fraction of sp³-hybridized carbons (Fsp3) is 0.125. The fourth-order valence-corrected chi connectivity index (χ4v) is 2.25. The number of hydrogen-bond acceptors (Lipinski definition) is 3. The number of aromatic nitrogens is 2. The summed E-state index contributed by atoms with van der Waals surface area (Å²) in [6, 6.07) is 12.3. The predicted molar refractivity (Wildman–Crippen MR) is 79.3 cm³/mol. The third kappa shape index (κ3) is 2.03. The quantitative estimate of drug-likeness (QED) is 0.753. The normalized spacial score (nSPS) is 10.6. The molecule has 0 saturated heterocycles. The van der Waals surface area contributed by atoms with E-state index >= 15 is 0 Å². The minimum absolute atomic E-state index is 0.974. The Balaban J connectivity index is 2.30. The van der Waals surface area contributed by atoms with Gasteiger partial charge in [-0.15, -0.1) is 0 Å². The minimum Gasteiger partial charge on any atom is -0.388 e. The Labute approximate surface area is 112 Å². The highest BCUT2D eigenvalue weighted by atomic mass is 14.8. The zero-order valence-electron chi connectivity index (χ0n) is 11.0. The number of fused-ring (bicyclic) bond motifs is 1. The first-order chi connectivity index (χ1) is 9.29. The van der Waals surface area contributed by atoms with Gasteiger partial charge in [-0.3, -0.25) is 9.97 Å². The van der Waals surface area contributed by atoms with Crippen molar-refractivity contribution in [3.8, 4) is 11.3 Å². The second-order valence-corrected chi connectivity index (χ2v) is 4.51. The minimum atomic E-state index is 0.974. The van der Waals surface area contributed by atoms with E-state index in [9.17, 15) is 0 Å². The van der Waals surface area contributed by atoms with Gasteiger partial charge >= 0.3 is 0 Å². The molecule has 0 aliphatic heterocycles. The van der Waals surface area contributed by atoms with E-state index in [2.05, 4.69) is 46.5 Å². The van der Waals surface area contributed by atoms with Crippen LogP contribution in [0.2, 0.25) is 0 Å². The summed E-state index contributed by atoms with van der Waals surface area (Å²) in [6.07, 6.45) is 3.62. The van der Waals surface area contributed by atoms with Gasteiger partial charge in [0.1, 0.15) is 0 Å². The topological polar surface area (TPSA) is 37.8 Å². The molecule has 0 aliphatic rings. The van der Waals surface area contributed by atoms with Gasteiger partial charge in [-0.25, -0.2) is 0 Å². The molecule has 2 heterocycles. The van der Waals surface area contributed by atoms with Crippen LogP contribution in [0.15, 0.2) is 48.8 Å². The molecule has 1 N–H and O–H groups in total. The molecule has 94 valence electrons. The third-order valence-corrected chi connectivity index (χ3v) is 3.31. The summed E-state index contributed by atoms with van der Waals surface area (Å²) in [6.45, 7) is 2.10. The van der Waals surface area contributed by atoms with Crippen molar-refractivity contribution in [3.63, 3.8) is 0 Å². The van der Waals surface area contributed by atoms with Crippen LogP contribution in [0.25, 0.3) is 22.2 Å². The van der Waals surface area contributed by atoms with Gasteiger partial charge < -0.3 is 5.32 Å². The number of anilines is 1. The van der Waals surface area contributed by atoms with E-state index in [1.807, 2.05) is 31.6 Å². The highest BCUT2D eigenvalue weighted by Gasteiger charge is 2.08. The van der Waals surface area contributed by atoms with Crippen LogP contribution in [-0.4, -0.2) is 17.0 Å². The van der Waals surface area contributed by atoms with Crippen molar-refractivity contribution < 1.29 is 0 Å². The van der Waals surface area contributed by atoms with E-state index in [0.717, 1.165) is 27.8 Å². The van der Waals surface area contributed by atoms with Crippen molar-refractivity contribution in [1.82, 2.24) is 9.97 Å². The zero-order valence-corrected chi connectivity index (χ0v) is 11.0. The maximum absolute atomic E-state index is 4.55. The second-order valence-electron chi connectivity index (χ2n) is 4.51. The Morgan fingerprint density at radius 3 is 2.74 bits per heavy atom. The van der Waals surface area contributed by atoms with Crippen LogP contribution in [0.3, 0.4) is 0 Å². The number of rotatable bonds is 2. The van der Waals surface area contributed by atoms with Gasteiger partial charge in [0.15, 0.2) is 0 Å². The molecule has 3 aromatic rings. The van der Waals surface area contributed by atoms with E-state index in [1.54, 1.807) is 0 Å². The van der Waals surface area contributed by atoms with Crippen molar-refractivity contribution >= 4 is 16.6 Å². The van der Waals surface area contributed by atoms with Crippen molar-refractivity contribution in [3.05, 3.63) is 54.4 Å². The Morgan fingerprint density at radius 2 is 1.89 bits per heavy atom. The third-order valence-electron chi connectivity index (χ3n) is 3.31. The summed E-state index contributed by atoms with van der Waals surface area (Å²) < 4.78 is 0. The highest BCUT2D eigenvalue weighted by molar-refractivity contribution is 5.93.